The van der Waals surface area contributed by atoms with Crippen molar-refractivity contribution in [1.29, 1.82) is 0 Å². The largest absolute Gasteiger partial charge is 0.393 e. The van der Waals surface area contributed by atoms with Gasteiger partial charge in [-0.3, -0.25) is 4.79 Å². The Labute approximate surface area is 94.3 Å². The number of thiophene rings is 1. The van der Waals surface area contributed by atoms with Crippen molar-refractivity contribution in [2.75, 3.05) is 13.6 Å². The zero-order chi connectivity index (χ0) is 11.3. The average Bonchev–Trinajstić information content (AvgIpc) is 2.66. The highest BCUT2D eigenvalue weighted by molar-refractivity contribution is 7.07. The fourth-order valence-corrected chi connectivity index (χ4v) is 1.88. The summed E-state index contributed by atoms with van der Waals surface area (Å²) in [6.07, 6.45) is 0.743. The number of likely N-dealkylation sites (N-methyl/N-ethyl adjacent to an activating group) is 1. The number of aliphatic hydroxyl groups is 1. The van der Waals surface area contributed by atoms with Gasteiger partial charge in [0.05, 0.1) is 12.5 Å². The summed E-state index contributed by atoms with van der Waals surface area (Å²) in [5.41, 5.74) is 1.06. The third kappa shape index (κ3) is 4.44. The molecule has 1 unspecified atom stereocenters. The van der Waals surface area contributed by atoms with Crippen LogP contribution < -0.4 is 0 Å². The van der Waals surface area contributed by atoms with E-state index in [2.05, 4.69) is 0 Å². The lowest BCUT2D eigenvalue weighted by Crippen LogP contribution is -2.30. The van der Waals surface area contributed by atoms with E-state index in [0.29, 0.717) is 19.4 Å². The normalized spacial score (nSPS) is 12.5. The minimum atomic E-state index is -0.346. The van der Waals surface area contributed by atoms with Crippen molar-refractivity contribution in [2.45, 2.75) is 25.9 Å². The van der Waals surface area contributed by atoms with Gasteiger partial charge in [-0.15, -0.1) is 0 Å². The average molecular weight is 227 g/mol. The Morgan fingerprint density at radius 2 is 2.40 bits per heavy atom. The van der Waals surface area contributed by atoms with Gasteiger partial charge in [-0.1, -0.05) is 0 Å². The van der Waals surface area contributed by atoms with Gasteiger partial charge in [-0.05, 0) is 35.7 Å². The SMILES string of the molecule is CC(O)CCN(C)C(=O)Cc1ccsc1. The topological polar surface area (TPSA) is 40.5 Å². The fourth-order valence-electron chi connectivity index (χ4n) is 1.21. The summed E-state index contributed by atoms with van der Waals surface area (Å²) in [5, 5.41) is 13.1. The molecule has 1 aromatic rings. The van der Waals surface area contributed by atoms with Crippen molar-refractivity contribution in [2.24, 2.45) is 0 Å². The van der Waals surface area contributed by atoms with E-state index in [-0.39, 0.29) is 12.0 Å². The molecule has 0 aromatic carbocycles. The number of aliphatic hydroxyl groups excluding tert-OH is 1. The van der Waals surface area contributed by atoms with E-state index in [1.807, 2.05) is 16.8 Å². The predicted molar refractivity (Wildman–Crippen MR) is 62.0 cm³/mol. The maximum Gasteiger partial charge on any atom is 0.226 e. The third-order valence-corrected chi connectivity index (χ3v) is 2.98. The smallest absolute Gasteiger partial charge is 0.226 e. The van der Waals surface area contributed by atoms with Crippen molar-refractivity contribution in [3.05, 3.63) is 22.4 Å². The first kappa shape index (κ1) is 12.2. The summed E-state index contributed by atoms with van der Waals surface area (Å²) in [6.45, 7) is 2.35. The Kier molecular flexibility index (Phi) is 4.78. The molecule has 1 N–H and O–H groups in total. The molecule has 0 aliphatic rings. The number of hydrogen-bond donors (Lipinski definition) is 1. The highest BCUT2D eigenvalue weighted by Crippen LogP contribution is 2.08. The van der Waals surface area contributed by atoms with E-state index in [9.17, 15) is 4.79 Å². The first-order valence-electron chi connectivity index (χ1n) is 5.02. The summed E-state index contributed by atoms with van der Waals surface area (Å²) in [6, 6.07) is 1.96. The Morgan fingerprint density at radius 1 is 1.67 bits per heavy atom. The standard InChI is InChI=1S/C11H17NO2S/c1-9(13)3-5-12(2)11(14)7-10-4-6-15-8-10/h4,6,8-9,13H,3,5,7H2,1-2H3. The second-order valence-corrected chi connectivity index (χ2v) is 4.54. The van der Waals surface area contributed by atoms with Crippen molar-refractivity contribution in [3.8, 4) is 0 Å². The first-order valence-corrected chi connectivity index (χ1v) is 5.97. The maximum absolute atomic E-state index is 11.7. The predicted octanol–water partition coefficient (Wildman–Crippen LogP) is 1.52. The number of hydrogen-bond acceptors (Lipinski definition) is 3. The molecule has 15 heavy (non-hydrogen) atoms. The van der Waals surface area contributed by atoms with E-state index < -0.39 is 0 Å². The van der Waals surface area contributed by atoms with Crippen LogP contribution in [0.5, 0.6) is 0 Å². The van der Waals surface area contributed by atoms with E-state index in [1.165, 1.54) is 0 Å². The van der Waals surface area contributed by atoms with E-state index in [1.54, 1.807) is 30.2 Å². The number of amides is 1. The quantitative estimate of drug-likeness (QED) is 0.828. The number of carbonyl (C=O) groups excluding carboxylic acids is 1. The van der Waals surface area contributed by atoms with Crippen molar-refractivity contribution >= 4 is 17.2 Å². The molecule has 1 rings (SSSR count). The van der Waals surface area contributed by atoms with Crippen LogP contribution in [0.25, 0.3) is 0 Å². The molecular formula is C11H17NO2S. The summed E-state index contributed by atoms with van der Waals surface area (Å²) in [7, 11) is 1.77. The Bertz CT molecular complexity index is 296. The second kappa shape index (κ2) is 5.88. The van der Waals surface area contributed by atoms with Gasteiger partial charge >= 0.3 is 0 Å². The molecular weight excluding hydrogens is 210 g/mol. The molecule has 3 nitrogen and oxygen atoms in total. The van der Waals surface area contributed by atoms with Gasteiger partial charge < -0.3 is 10.0 Å². The van der Waals surface area contributed by atoms with Crippen molar-refractivity contribution in [1.82, 2.24) is 4.90 Å². The summed E-state index contributed by atoms with van der Waals surface area (Å²) < 4.78 is 0. The summed E-state index contributed by atoms with van der Waals surface area (Å²) >= 11 is 1.60. The molecule has 1 aromatic heterocycles. The lowest BCUT2D eigenvalue weighted by molar-refractivity contribution is -0.129. The van der Waals surface area contributed by atoms with Gasteiger partial charge in [0.2, 0.25) is 5.91 Å². The molecule has 0 spiro atoms. The molecule has 0 fully saturated rings. The van der Waals surface area contributed by atoms with Crippen LogP contribution in [0.2, 0.25) is 0 Å². The highest BCUT2D eigenvalue weighted by Gasteiger charge is 2.10. The minimum Gasteiger partial charge on any atom is -0.393 e. The second-order valence-electron chi connectivity index (χ2n) is 3.76. The molecule has 0 bridgehead atoms. The number of carbonyl (C=O) groups is 1. The third-order valence-electron chi connectivity index (χ3n) is 2.24. The Balaban J connectivity index is 2.33. The van der Waals surface area contributed by atoms with Crippen LogP contribution in [0.3, 0.4) is 0 Å². The summed E-state index contributed by atoms with van der Waals surface area (Å²) in [5.74, 6) is 0.106. The monoisotopic (exact) mass is 227 g/mol. The molecule has 4 heteroatoms. The molecule has 84 valence electrons. The van der Waals surface area contributed by atoms with Gasteiger partial charge in [0.15, 0.2) is 0 Å². The molecule has 0 saturated carbocycles. The van der Waals surface area contributed by atoms with Crippen molar-refractivity contribution < 1.29 is 9.90 Å². The van der Waals surface area contributed by atoms with Crippen LogP contribution in [0.1, 0.15) is 18.9 Å². The van der Waals surface area contributed by atoms with Crippen LogP contribution in [0.4, 0.5) is 0 Å². The van der Waals surface area contributed by atoms with E-state index in [4.69, 9.17) is 5.11 Å². The zero-order valence-corrected chi connectivity index (χ0v) is 9.96. The lowest BCUT2D eigenvalue weighted by Gasteiger charge is -2.17. The zero-order valence-electron chi connectivity index (χ0n) is 9.14. The van der Waals surface area contributed by atoms with Crippen LogP contribution in [0, 0.1) is 0 Å². The van der Waals surface area contributed by atoms with Crippen LogP contribution in [-0.4, -0.2) is 35.6 Å². The lowest BCUT2D eigenvalue weighted by atomic mass is 10.2. The molecule has 0 radical (unpaired) electrons. The molecule has 1 heterocycles. The van der Waals surface area contributed by atoms with Gasteiger partial charge in [-0.25, -0.2) is 0 Å². The summed E-state index contributed by atoms with van der Waals surface area (Å²) in [4.78, 5) is 13.3. The van der Waals surface area contributed by atoms with E-state index in [0.717, 1.165) is 5.56 Å². The van der Waals surface area contributed by atoms with Crippen LogP contribution in [0.15, 0.2) is 16.8 Å². The van der Waals surface area contributed by atoms with Crippen LogP contribution in [-0.2, 0) is 11.2 Å². The molecule has 0 aliphatic carbocycles. The van der Waals surface area contributed by atoms with Gasteiger partial charge in [-0.2, -0.15) is 11.3 Å². The number of rotatable bonds is 5. The van der Waals surface area contributed by atoms with Crippen LogP contribution >= 0.6 is 11.3 Å². The Morgan fingerprint density at radius 3 is 2.93 bits per heavy atom. The van der Waals surface area contributed by atoms with Gasteiger partial charge in [0, 0.05) is 13.6 Å². The van der Waals surface area contributed by atoms with Gasteiger partial charge in [0.25, 0.3) is 0 Å². The van der Waals surface area contributed by atoms with Crippen molar-refractivity contribution in [3.63, 3.8) is 0 Å². The Hall–Kier alpha value is -0.870. The highest BCUT2D eigenvalue weighted by atomic mass is 32.1. The fraction of sp³-hybridized carbons (Fsp3) is 0.545. The van der Waals surface area contributed by atoms with E-state index >= 15 is 0 Å². The first-order chi connectivity index (χ1) is 7.09. The maximum atomic E-state index is 11.7. The minimum absolute atomic E-state index is 0.106. The molecule has 1 amide bonds. The molecule has 1 atom stereocenters. The number of nitrogens with zero attached hydrogens (tertiary/aromatic N) is 1. The van der Waals surface area contributed by atoms with Gasteiger partial charge in [0.1, 0.15) is 0 Å². The molecule has 0 saturated heterocycles. The molecule has 0 aliphatic heterocycles.